The van der Waals surface area contributed by atoms with Gasteiger partial charge in [-0.2, -0.15) is 0 Å². The van der Waals surface area contributed by atoms with Gasteiger partial charge in [0, 0.05) is 62.6 Å². The van der Waals surface area contributed by atoms with E-state index in [4.69, 9.17) is 9.47 Å². The van der Waals surface area contributed by atoms with E-state index in [9.17, 15) is 5.11 Å². The number of hydrogen-bond acceptors (Lipinski definition) is 8. The van der Waals surface area contributed by atoms with Gasteiger partial charge in [0.05, 0.1) is 24.8 Å². The Kier molecular flexibility index (Phi) is 6.09. The van der Waals surface area contributed by atoms with E-state index in [1.807, 2.05) is 17.8 Å². The summed E-state index contributed by atoms with van der Waals surface area (Å²) in [5.41, 5.74) is 2.73. The molecule has 3 aromatic rings. The van der Waals surface area contributed by atoms with Crippen molar-refractivity contribution >= 4 is 22.7 Å². The Bertz CT molecular complexity index is 1040. The van der Waals surface area contributed by atoms with Gasteiger partial charge in [-0.3, -0.25) is 4.98 Å². The van der Waals surface area contributed by atoms with Crippen LogP contribution < -0.4 is 15.0 Å². The molecule has 1 saturated heterocycles. The Morgan fingerprint density at radius 3 is 2.59 bits per heavy atom. The van der Waals surface area contributed by atoms with Gasteiger partial charge in [-0.05, 0) is 31.7 Å². The van der Waals surface area contributed by atoms with Crippen molar-refractivity contribution in [1.29, 1.82) is 0 Å². The molecule has 0 radical (unpaired) electrons. The number of anilines is 2. The second-order valence-corrected chi connectivity index (χ2v) is 8.57. The van der Waals surface area contributed by atoms with E-state index in [2.05, 4.69) is 37.3 Å². The molecule has 1 saturated carbocycles. The molecule has 0 bridgehead atoms. The van der Waals surface area contributed by atoms with Crippen LogP contribution >= 0.6 is 0 Å². The summed E-state index contributed by atoms with van der Waals surface area (Å²) in [6.45, 7) is 3.18. The zero-order valence-electron chi connectivity index (χ0n) is 18.4. The molecular formula is C23H30N6O3. The molecule has 9 heteroatoms. The van der Waals surface area contributed by atoms with Crippen LogP contribution in [-0.4, -0.2) is 63.3 Å². The lowest BCUT2D eigenvalue weighted by atomic mass is 9.86. The maximum Gasteiger partial charge on any atom is 0.204 e. The van der Waals surface area contributed by atoms with Crippen LogP contribution in [0.15, 0.2) is 36.9 Å². The van der Waals surface area contributed by atoms with E-state index >= 15 is 0 Å². The van der Waals surface area contributed by atoms with Gasteiger partial charge >= 0.3 is 0 Å². The van der Waals surface area contributed by atoms with Crippen molar-refractivity contribution < 1.29 is 14.6 Å². The van der Waals surface area contributed by atoms with Crippen molar-refractivity contribution in [3.8, 4) is 5.75 Å². The number of morpholine rings is 1. The van der Waals surface area contributed by atoms with Crippen molar-refractivity contribution in [2.45, 2.75) is 38.0 Å². The molecule has 1 atom stereocenters. The van der Waals surface area contributed by atoms with Crippen LogP contribution in [0.1, 0.15) is 25.7 Å². The Balaban J connectivity index is 1.26. The van der Waals surface area contributed by atoms with E-state index in [0.29, 0.717) is 5.95 Å². The van der Waals surface area contributed by atoms with Crippen LogP contribution in [0.2, 0.25) is 0 Å². The van der Waals surface area contributed by atoms with Crippen LogP contribution in [0.5, 0.6) is 5.75 Å². The fourth-order valence-corrected chi connectivity index (χ4v) is 4.58. The number of nitrogens with zero attached hydrogens (tertiary/aromatic N) is 5. The number of hydrogen-bond donors (Lipinski definition) is 2. The van der Waals surface area contributed by atoms with Gasteiger partial charge in [-0.15, -0.1) is 0 Å². The molecule has 32 heavy (non-hydrogen) atoms. The van der Waals surface area contributed by atoms with E-state index in [-0.39, 0.29) is 12.0 Å². The monoisotopic (exact) mass is 438 g/mol. The summed E-state index contributed by atoms with van der Waals surface area (Å²) in [4.78, 5) is 15.6. The number of aromatic nitrogens is 4. The second kappa shape index (κ2) is 9.30. The summed E-state index contributed by atoms with van der Waals surface area (Å²) in [6, 6.07) is 4.17. The first-order valence-electron chi connectivity index (χ1n) is 11.3. The largest absolute Gasteiger partial charge is 0.488 e. The highest BCUT2D eigenvalue weighted by molar-refractivity contribution is 5.85. The Morgan fingerprint density at radius 2 is 1.84 bits per heavy atom. The highest BCUT2D eigenvalue weighted by Gasteiger charge is 2.29. The number of benzene rings is 1. The van der Waals surface area contributed by atoms with Gasteiger partial charge in [0.2, 0.25) is 5.95 Å². The van der Waals surface area contributed by atoms with Gasteiger partial charge in [0.15, 0.2) is 0 Å². The molecule has 1 unspecified atom stereocenters. The van der Waals surface area contributed by atoms with Crippen molar-refractivity contribution in [1.82, 2.24) is 19.5 Å². The third-order valence-corrected chi connectivity index (χ3v) is 6.46. The minimum atomic E-state index is -0.617. The number of nitrogens with one attached hydrogen (secondary N) is 1. The number of fused-ring (bicyclic) bond motifs is 1. The summed E-state index contributed by atoms with van der Waals surface area (Å²) >= 11 is 0. The molecular weight excluding hydrogens is 408 g/mol. The predicted molar refractivity (Wildman–Crippen MR) is 122 cm³/mol. The topological polar surface area (TPSA) is 97.6 Å². The zero-order valence-corrected chi connectivity index (χ0v) is 18.4. The van der Waals surface area contributed by atoms with Crippen LogP contribution in [0, 0.1) is 5.92 Å². The van der Waals surface area contributed by atoms with Crippen molar-refractivity contribution in [3.05, 3.63) is 36.9 Å². The van der Waals surface area contributed by atoms with E-state index in [0.717, 1.165) is 74.5 Å². The highest BCUT2D eigenvalue weighted by atomic mass is 16.5. The average molecular weight is 439 g/mol. The number of imidazole rings is 1. The van der Waals surface area contributed by atoms with Crippen LogP contribution in [0.3, 0.4) is 0 Å². The maximum atomic E-state index is 10.6. The van der Waals surface area contributed by atoms with Crippen LogP contribution in [-0.2, 0) is 11.8 Å². The molecule has 2 fully saturated rings. The number of aliphatic hydroxyl groups excluding tert-OH is 1. The van der Waals surface area contributed by atoms with E-state index in [1.165, 1.54) is 0 Å². The van der Waals surface area contributed by atoms with Gasteiger partial charge in [-0.1, -0.05) is 0 Å². The predicted octanol–water partition coefficient (Wildman–Crippen LogP) is 2.57. The molecule has 5 rings (SSSR count). The fourth-order valence-electron chi connectivity index (χ4n) is 4.58. The highest BCUT2D eigenvalue weighted by Crippen LogP contribution is 2.34. The molecule has 0 spiro atoms. The smallest absolute Gasteiger partial charge is 0.204 e. The van der Waals surface area contributed by atoms with Gasteiger partial charge < -0.3 is 29.4 Å². The molecule has 0 amide bonds. The minimum absolute atomic E-state index is 0.0942. The van der Waals surface area contributed by atoms with E-state index in [1.54, 1.807) is 18.6 Å². The summed E-state index contributed by atoms with van der Waals surface area (Å²) in [5, 5.41) is 13.8. The molecule has 1 aliphatic carbocycles. The molecule has 170 valence electrons. The Labute approximate surface area is 187 Å². The lowest BCUT2D eigenvalue weighted by Gasteiger charge is -2.33. The van der Waals surface area contributed by atoms with Crippen LogP contribution in [0.4, 0.5) is 11.6 Å². The maximum absolute atomic E-state index is 10.6. The molecule has 1 aromatic carbocycles. The summed E-state index contributed by atoms with van der Waals surface area (Å²) < 4.78 is 13.8. The van der Waals surface area contributed by atoms with Crippen LogP contribution in [0.25, 0.3) is 11.0 Å². The number of aliphatic hydroxyl groups is 1. The zero-order chi connectivity index (χ0) is 21.9. The lowest BCUT2D eigenvalue weighted by Crippen LogP contribution is -2.36. The Hall–Kier alpha value is -2.91. The summed E-state index contributed by atoms with van der Waals surface area (Å²) in [5.74, 6) is 1.64. The molecule has 2 aromatic heterocycles. The lowest BCUT2D eigenvalue weighted by molar-refractivity contribution is 0.0656. The van der Waals surface area contributed by atoms with Crippen molar-refractivity contribution in [3.63, 3.8) is 0 Å². The Morgan fingerprint density at radius 1 is 1.06 bits per heavy atom. The first-order chi connectivity index (χ1) is 15.7. The second-order valence-electron chi connectivity index (χ2n) is 8.57. The minimum Gasteiger partial charge on any atom is -0.488 e. The number of aryl methyl sites for hydroxylation is 1. The molecule has 2 N–H and O–H groups in total. The van der Waals surface area contributed by atoms with Gasteiger partial charge in [0.1, 0.15) is 17.5 Å². The van der Waals surface area contributed by atoms with Gasteiger partial charge in [-0.25, -0.2) is 9.97 Å². The summed E-state index contributed by atoms with van der Waals surface area (Å²) in [7, 11) is 1.91. The fraction of sp³-hybridized carbons (Fsp3) is 0.522. The van der Waals surface area contributed by atoms with Gasteiger partial charge in [0.25, 0.3) is 0 Å². The molecule has 3 heterocycles. The molecule has 1 aliphatic heterocycles. The quantitative estimate of drug-likeness (QED) is 0.567. The number of ether oxygens (including phenoxy) is 2. The third kappa shape index (κ3) is 4.49. The normalized spacial score (nSPS) is 22.6. The van der Waals surface area contributed by atoms with E-state index < -0.39 is 6.23 Å². The van der Waals surface area contributed by atoms with Crippen molar-refractivity contribution in [2.75, 3.05) is 36.5 Å². The SMILES string of the molecule is Cn1ccnc1NC(O)C1CCC(Oc2cc(N3CCOCC3)cc3nccnc23)CC1. The third-order valence-electron chi connectivity index (χ3n) is 6.46. The van der Waals surface area contributed by atoms with Crippen molar-refractivity contribution in [2.24, 2.45) is 13.0 Å². The first-order valence-corrected chi connectivity index (χ1v) is 11.3. The standard InChI is InChI=1S/C23H30N6O3/c1-28-9-8-26-23(28)27-22(30)16-2-4-18(5-3-16)32-20-15-17(29-10-12-31-13-11-29)14-19-21(20)25-7-6-24-19/h6-9,14-16,18,22,30H,2-5,10-13H2,1H3,(H,26,27). The number of rotatable bonds is 6. The average Bonchev–Trinajstić information content (AvgIpc) is 3.24. The first kappa shape index (κ1) is 21.0. The molecule has 2 aliphatic rings. The molecule has 9 nitrogen and oxygen atoms in total. The summed E-state index contributed by atoms with van der Waals surface area (Å²) in [6.07, 6.45) is 10.0.